The van der Waals surface area contributed by atoms with E-state index in [-0.39, 0.29) is 11.8 Å². The minimum atomic E-state index is -0.0372. The van der Waals surface area contributed by atoms with E-state index in [0.717, 1.165) is 48.3 Å². The highest BCUT2D eigenvalue weighted by Crippen LogP contribution is 2.26. The molecule has 1 N–H and O–H groups in total. The van der Waals surface area contributed by atoms with Crippen LogP contribution in [0.5, 0.6) is 0 Å². The Hall–Kier alpha value is -3.88. The van der Waals surface area contributed by atoms with Gasteiger partial charge in [-0.2, -0.15) is 5.10 Å². The lowest BCUT2D eigenvalue weighted by Gasteiger charge is -2.32. The van der Waals surface area contributed by atoms with Crippen LogP contribution >= 0.6 is 0 Å². The van der Waals surface area contributed by atoms with Crippen LogP contribution < -0.4 is 10.2 Å². The highest BCUT2D eigenvalue weighted by atomic mass is 16.1. The second-order valence-electron chi connectivity index (χ2n) is 7.20. The topological polar surface area (TPSA) is 102 Å². The lowest BCUT2D eigenvalue weighted by atomic mass is 9.95. The number of anilines is 2. The van der Waals surface area contributed by atoms with E-state index in [1.54, 1.807) is 17.2 Å². The van der Waals surface area contributed by atoms with Gasteiger partial charge < -0.3 is 10.2 Å². The largest absolute Gasteiger partial charge is 0.356 e. The number of aromatic nitrogens is 6. The van der Waals surface area contributed by atoms with Gasteiger partial charge in [0.25, 0.3) is 0 Å². The fourth-order valence-electron chi connectivity index (χ4n) is 3.78. The summed E-state index contributed by atoms with van der Waals surface area (Å²) in [7, 11) is 0. The molecule has 1 fully saturated rings. The Labute approximate surface area is 172 Å². The van der Waals surface area contributed by atoms with Gasteiger partial charge in [0.1, 0.15) is 24.8 Å². The third-order valence-corrected chi connectivity index (χ3v) is 5.38. The van der Waals surface area contributed by atoms with E-state index < -0.39 is 0 Å². The summed E-state index contributed by atoms with van der Waals surface area (Å²) >= 11 is 0. The van der Waals surface area contributed by atoms with E-state index in [1.165, 1.54) is 12.7 Å². The molecule has 9 nitrogen and oxygen atoms in total. The minimum absolute atomic E-state index is 0.0372. The summed E-state index contributed by atoms with van der Waals surface area (Å²) in [6, 6.07) is 11.5. The monoisotopic (exact) mass is 400 g/mol. The maximum absolute atomic E-state index is 12.9. The van der Waals surface area contributed by atoms with Crippen LogP contribution in [0, 0.1) is 5.92 Å². The van der Waals surface area contributed by atoms with Crippen molar-refractivity contribution in [2.45, 2.75) is 12.8 Å². The number of nitrogens with zero attached hydrogens (tertiary/aromatic N) is 7. The first kappa shape index (κ1) is 18.2. The Kier molecular flexibility index (Phi) is 4.76. The quantitative estimate of drug-likeness (QED) is 0.561. The SMILES string of the molecule is O=C(Nc1cccc2ncccc12)C1CCN(c2cc(-n3cncn3)ncn2)CC1. The lowest BCUT2D eigenvalue weighted by Crippen LogP contribution is -2.38. The van der Waals surface area contributed by atoms with Gasteiger partial charge in [-0.1, -0.05) is 6.07 Å². The molecule has 4 heterocycles. The number of carbonyl (C=O) groups is 1. The molecule has 0 bridgehead atoms. The first-order chi connectivity index (χ1) is 14.8. The molecule has 1 saturated heterocycles. The van der Waals surface area contributed by atoms with Crippen LogP contribution in [0.1, 0.15) is 12.8 Å². The molecule has 5 rings (SSSR count). The number of hydrogen-bond acceptors (Lipinski definition) is 7. The van der Waals surface area contributed by atoms with Crippen LogP contribution in [0.3, 0.4) is 0 Å². The number of pyridine rings is 1. The molecule has 1 amide bonds. The van der Waals surface area contributed by atoms with E-state index >= 15 is 0 Å². The van der Waals surface area contributed by atoms with E-state index in [0.29, 0.717) is 5.82 Å². The predicted octanol–water partition coefficient (Wildman–Crippen LogP) is 2.46. The van der Waals surface area contributed by atoms with Gasteiger partial charge in [-0.05, 0) is 37.1 Å². The molecule has 30 heavy (non-hydrogen) atoms. The van der Waals surface area contributed by atoms with Gasteiger partial charge in [-0.15, -0.1) is 0 Å². The van der Waals surface area contributed by atoms with Crippen molar-refractivity contribution >= 4 is 28.3 Å². The Bertz CT molecular complexity index is 1160. The maximum atomic E-state index is 12.9. The number of fused-ring (bicyclic) bond motifs is 1. The van der Waals surface area contributed by atoms with Crippen LogP contribution in [0.4, 0.5) is 11.5 Å². The average Bonchev–Trinajstić information content (AvgIpc) is 3.35. The summed E-state index contributed by atoms with van der Waals surface area (Å²) < 4.78 is 1.60. The van der Waals surface area contributed by atoms with Crippen molar-refractivity contribution in [3.63, 3.8) is 0 Å². The molecule has 0 unspecified atom stereocenters. The second-order valence-corrected chi connectivity index (χ2v) is 7.20. The van der Waals surface area contributed by atoms with Gasteiger partial charge in [-0.3, -0.25) is 9.78 Å². The Morgan fingerprint density at radius 1 is 1.00 bits per heavy atom. The smallest absolute Gasteiger partial charge is 0.227 e. The zero-order chi connectivity index (χ0) is 20.3. The number of piperidine rings is 1. The van der Waals surface area contributed by atoms with Crippen molar-refractivity contribution in [2.24, 2.45) is 5.92 Å². The number of hydrogen-bond donors (Lipinski definition) is 1. The van der Waals surface area contributed by atoms with Gasteiger partial charge in [0.15, 0.2) is 5.82 Å². The van der Waals surface area contributed by atoms with Gasteiger partial charge in [-0.25, -0.2) is 19.6 Å². The van der Waals surface area contributed by atoms with Gasteiger partial charge in [0.2, 0.25) is 5.91 Å². The first-order valence-electron chi connectivity index (χ1n) is 9.84. The molecule has 1 aliphatic heterocycles. The summed E-state index contributed by atoms with van der Waals surface area (Å²) in [5.74, 6) is 1.51. The van der Waals surface area contributed by atoms with Gasteiger partial charge in [0.05, 0.1) is 11.2 Å². The molecule has 4 aromatic rings. The van der Waals surface area contributed by atoms with Crippen molar-refractivity contribution in [2.75, 3.05) is 23.3 Å². The minimum Gasteiger partial charge on any atom is -0.356 e. The molecule has 0 saturated carbocycles. The number of benzene rings is 1. The predicted molar refractivity (Wildman–Crippen MR) is 112 cm³/mol. The third-order valence-electron chi connectivity index (χ3n) is 5.38. The van der Waals surface area contributed by atoms with Gasteiger partial charge >= 0.3 is 0 Å². The normalized spacial score (nSPS) is 14.7. The zero-order valence-corrected chi connectivity index (χ0v) is 16.2. The highest BCUT2D eigenvalue weighted by molar-refractivity contribution is 6.01. The molecule has 1 aromatic carbocycles. The Balaban J connectivity index is 1.25. The first-order valence-corrected chi connectivity index (χ1v) is 9.84. The summed E-state index contributed by atoms with van der Waals surface area (Å²) in [6.45, 7) is 1.51. The Morgan fingerprint density at radius 2 is 1.87 bits per heavy atom. The fourth-order valence-corrected chi connectivity index (χ4v) is 3.78. The summed E-state index contributed by atoms with van der Waals surface area (Å²) in [5.41, 5.74) is 1.68. The molecule has 0 radical (unpaired) electrons. The number of rotatable bonds is 4. The van der Waals surface area contributed by atoms with Crippen molar-refractivity contribution in [3.8, 4) is 5.82 Å². The van der Waals surface area contributed by atoms with Crippen LogP contribution in [-0.2, 0) is 4.79 Å². The average molecular weight is 400 g/mol. The molecule has 1 aliphatic rings. The molecule has 0 spiro atoms. The van der Waals surface area contributed by atoms with Crippen molar-refractivity contribution in [3.05, 3.63) is 61.6 Å². The zero-order valence-electron chi connectivity index (χ0n) is 16.2. The molecule has 9 heteroatoms. The summed E-state index contributed by atoms with van der Waals surface area (Å²) in [4.78, 5) is 32.0. The molecular formula is C21H20N8O. The van der Waals surface area contributed by atoms with Gasteiger partial charge in [0, 0.05) is 36.7 Å². The standard InChI is InChI=1S/C21H20N8O/c30-21(27-18-5-1-4-17-16(18)3-2-8-23-17)15-6-9-28(10-7-15)19-11-20(25-13-24-19)29-14-22-12-26-29/h1-5,8,11-15H,6-7,9-10H2,(H,27,30). The van der Waals surface area contributed by atoms with Crippen molar-refractivity contribution in [1.82, 2.24) is 29.7 Å². The molecule has 150 valence electrons. The number of carbonyl (C=O) groups excluding carboxylic acids is 1. The molecule has 0 aliphatic carbocycles. The van der Waals surface area contributed by atoms with E-state index in [1.807, 2.05) is 36.4 Å². The van der Waals surface area contributed by atoms with E-state index in [2.05, 4.69) is 35.3 Å². The van der Waals surface area contributed by atoms with Crippen LogP contribution in [-0.4, -0.2) is 48.7 Å². The number of amides is 1. The number of nitrogens with one attached hydrogen (secondary N) is 1. The summed E-state index contributed by atoms with van der Waals surface area (Å²) in [6.07, 6.45) is 7.88. The van der Waals surface area contributed by atoms with Crippen LogP contribution in [0.15, 0.2) is 61.6 Å². The summed E-state index contributed by atoms with van der Waals surface area (Å²) in [5, 5.41) is 8.16. The van der Waals surface area contributed by atoms with Crippen molar-refractivity contribution in [1.29, 1.82) is 0 Å². The van der Waals surface area contributed by atoms with Crippen LogP contribution in [0.2, 0.25) is 0 Å². The highest BCUT2D eigenvalue weighted by Gasteiger charge is 2.26. The molecule has 0 atom stereocenters. The fraction of sp³-hybridized carbons (Fsp3) is 0.238. The Morgan fingerprint density at radius 3 is 2.70 bits per heavy atom. The molecular weight excluding hydrogens is 380 g/mol. The third kappa shape index (κ3) is 3.57. The van der Waals surface area contributed by atoms with Crippen LogP contribution in [0.25, 0.3) is 16.7 Å². The second kappa shape index (κ2) is 7.86. The molecule has 3 aromatic heterocycles. The maximum Gasteiger partial charge on any atom is 0.227 e. The van der Waals surface area contributed by atoms with E-state index in [9.17, 15) is 4.79 Å². The van der Waals surface area contributed by atoms with E-state index in [4.69, 9.17) is 0 Å². The lowest BCUT2D eigenvalue weighted by molar-refractivity contribution is -0.120. The van der Waals surface area contributed by atoms with Crippen molar-refractivity contribution < 1.29 is 4.79 Å².